The lowest BCUT2D eigenvalue weighted by molar-refractivity contribution is -0.117. The van der Waals surface area contributed by atoms with Crippen molar-refractivity contribution >= 4 is 27.5 Å². The highest BCUT2D eigenvalue weighted by Gasteiger charge is 2.41. The van der Waals surface area contributed by atoms with Crippen LogP contribution in [0.15, 0.2) is 39.8 Å². The van der Waals surface area contributed by atoms with E-state index in [2.05, 4.69) is 19.7 Å². The zero-order chi connectivity index (χ0) is 26.2. The molecular weight excluding hydrogens is 490 g/mol. The lowest BCUT2D eigenvalue weighted by atomic mass is 9.93. The molecule has 0 saturated heterocycles. The van der Waals surface area contributed by atoms with Crippen molar-refractivity contribution in [2.45, 2.75) is 25.6 Å². The predicted octanol–water partition coefficient (Wildman–Crippen LogP) is 3.07. The van der Waals surface area contributed by atoms with E-state index in [1.54, 1.807) is 6.92 Å². The Kier molecular flexibility index (Phi) is 6.76. The smallest absolute Gasteiger partial charge is 0.369 e. The Labute approximate surface area is 199 Å². The number of aliphatic imine (C=N–C) groups is 1. The molecule has 3 rings (SSSR count). The van der Waals surface area contributed by atoms with E-state index in [0.717, 1.165) is 10.4 Å². The Bertz CT molecular complexity index is 1380. The van der Waals surface area contributed by atoms with Crippen molar-refractivity contribution in [3.63, 3.8) is 0 Å². The summed E-state index contributed by atoms with van der Waals surface area (Å²) in [4.78, 5) is 20.8. The second kappa shape index (κ2) is 9.14. The number of aryl methyl sites for hydroxylation is 1. The van der Waals surface area contributed by atoms with Gasteiger partial charge in [-0.15, -0.1) is 0 Å². The minimum atomic E-state index is -4.70. The predicted molar refractivity (Wildman–Crippen MR) is 121 cm³/mol. The average molecular weight is 512 g/mol. The van der Waals surface area contributed by atoms with Crippen LogP contribution in [0.1, 0.15) is 34.1 Å². The van der Waals surface area contributed by atoms with Gasteiger partial charge in [0.1, 0.15) is 39.6 Å². The van der Waals surface area contributed by atoms with Crippen LogP contribution in [-0.2, 0) is 15.5 Å². The summed E-state index contributed by atoms with van der Waals surface area (Å²) in [6, 6.07) is 6.94. The molecule has 0 unspecified atom stereocenters. The van der Waals surface area contributed by atoms with Gasteiger partial charge in [0, 0.05) is 24.5 Å². The van der Waals surface area contributed by atoms with E-state index >= 15 is 0 Å². The fraction of sp³-hybridized carbons (Fsp3) is 0.333. The molecule has 0 spiro atoms. The highest BCUT2D eigenvalue weighted by atomic mass is 32.2. The Hall–Kier alpha value is -3.73. The molecule has 2 atom stereocenters. The number of nitrogens with two attached hydrogens (primary N) is 1. The van der Waals surface area contributed by atoms with Gasteiger partial charge in [0.2, 0.25) is 5.96 Å². The molecule has 0 fully saturated rings. The zero-order valence-corrected chi connectivity index (χ0v) is 19.7. The van der Waals surface area contributed by atoms with Gasteiger partial charge in [-0.3, -0.25) is 9.10 Å². The van der Waals surface area contributed by atoms with Gasteiger partial charge in [-0.25, -0.2) is 22.9 Å². The third-order valence-electron chi connectivity index (χ3n) is 5.25. The van der Waals surface area contributed by atoms with E-state index in [1.807, 2.05) is 6.07 Å². The van der Waals surface area contributed by atoms with Crippen molar-refractivity contribution in [2.24, 2.45) is 15.1 Å². The number of carbonyl (C=O) groups is 1. The summed E-state index contributed by atoms with van der Waals surface area (Å²) >= 11 is 0. The van der Waals surface area contributed by atoms with Crippen LogP contribution in [0.5, 0.6) is 0 Å². The van der Waals surface area contributed by atoms with E-state index < -0.39 is 45.7 Å². The molecule has 2 heterocycles. The minimum Gasteiger partial charge on any atom is -0.369 e. The summed E-state index contributed by atoms with van der Waals surface area (Å²) < 4.78 is 70.6. The van der Waals surface area contributed by atoms with Crippen LogP contribution in [0, 0.1) is 24.1 Å². The number of nitriles is 1. The van der Waals surface area contributed by atoms with Gasteiger partial charge in [0.15, 0.2) is 0 Å². The summed E-state index contributed by atoms with van der Waals surface area (Å²) in [5.74, 6) is -2.37. The maximum atomic E-state index is 14.9. The molecule has 1 aromatic carbocycles. The summed E-state index contributed by atoms with van der Waals surface area (Å²) in [5, 5.41) is 11.5. The van der Waals surface area contributed by atoms with Crippen LogP contribution in [0.25, 0.3) is 0 Å². The maximum absolute atomic E-state index is 14.9. The fourth-order valence-electron chi connectivity index (χ4n) is 3.49. The number of aromatic nitrogens is 1. The van der Waals surface area contributed by atoms with Crippen LogP contribution >= 0.6 is 0 Å². The first-order valence-electron chi connectivity index (χ1n) is 10.0. The molecule has 1 aromatic heterocycles. The van der Waals surface area contributed by atoms with E-state index in [4.69, 9.17) is 11.0 Å². The van der Waals surface area contributed by atoms with Crippen molar-refractivity contribution in [3.05, 3.63) is 58.7 Å². The number of hydrogen-bond donors (Lipinski definition) is 2. The van der Waals surface area contributed by atoms with Gasteiger partial charge in [-0.2, -0.15) is 18.4 Å². The largest absolute Gasteiger partial charge is 0.408 e. The number of carbonyl (C=O) groups excluding carboxylic acids is 1. The average Bonchev–Trinajstić information content (AvgIpc) is 2.76. The number of halogens is 4. The molecule has 0 radical (unpaired) electrons. The van der Waals surface area contributed by atoms with Crippen molar-refractivity contribution in [1.82, 2.24) is 9.29 Å². The van der Waals surface area contributed by atoms with Crippen molar-refractivity contribution < 1.29 is 26.6 Å². The molecule has 35 heavy (non-hydrogen) atoms. The van der Waals surface area contributed by atoms with Gasteiger partial charge in [0.05, 0.1) is 11.3 Å². The quantitative estimate of drug-likeness (QED) is 0.608. The molecule has 1 amide bonds. The zero-order valence-electron chi connectivity index (χ0n) is 18.9. The van der Waals surface area contributed by atoms with Crippen molar-refractivity contribution in [1.29, 1.82) is 5.26 Å². The van der Waals surface area contributed by atoms with Crippen LogP contribution in [-0.4, -0.2) is 50.9 Å². The summed E-state index contributed by atoms with van der Waals surface area (Å²) in [5.41, 5.74) is 4.91. The first kappa shape index (κ1) is 25.9. The number of alkyl halides is 3. The molecule has 0 bridgehead atoms. The number of rotatable bonds is 4. The highest BCUT2D eigenvalue weighted by Crippen LogP contribution is 2.36. The van der Waals surface area contributed by atoms with Crippen LogP contribution in [0.2, 0.25) is 0 Å². The Morgan fingerprint density at radius 3 is 2.69 bits per heavy atom. The molecular formula is C21H21F4N7O2S. The Morgan fingerprint density at radius 1 is 1.40 bits per heavy atom. The topological polar surface area (TPSA) is 137 Å². The molecule has 2 aromatic rings. The number of amides is 1. The molecule has 0 saturated carbocycles. The maximum Gasteiger partial charge on any atom is 0.408 e. The number of benzene rings is 1. The van der Waals surface area contributed by atoms with Gasteiger partial charge < -0.3 is 11.1 Å². The normalized spacial score (nSPS) is 22.2. The fourth-order valence-corrected chi connectivity index (χ4v) is 5.58. The van der Waals surface area contributed by atoms with Crippen LogP contribution in [0.3, 0.4) is 0 Å². The number of pyridine rings is 1. The second-order valence-electron chi connectivity index (χ2n) is 8.04. The molecule has 0 aliphatic carbocycles. The summed E-state index contributed by atoms with van der Waals surface area (Å²) in [6.07, 6.45) is -3.46. The number of guanidine groups is 1. The number of nitrogens with zero attached hydrogens (tertiary/aromatic N) is 5. The van der Waals surface area contributed by atoms with Gasteiger partial charge in [0.25, 0.3) is 5.91 Å². The van der Waals surface area contributed by atoms with Crippen LogP contribution in [0.4, 0.5) is 23.2 Å². The van der Waals surface area contributed by atoms with Gasteiger partial charge in [-0.1, -0.05) is 0 Å². The van der Waals surface area contributed by atoms with Crippen LogP contribution < -0.4 is 11.1 Å². The molecule has 1 aliphatic heterocycles. The number of hydrogen-bond acceptors (Lipinski definition) is 7. The lowest BCUT2D eigenvalue weighted by Gasteiger charge is -2.37. The lowest BCUT2D eigenvalue weighted by Crippen LogP contribution is -2.50. The number of nitrogens with one attached hydrogen (secondary N) is 1. The monoisotopic (exact) mass is 511 g/mol. The molecule has 9 nitrogen and oxygen atoms in total. The Balaban J connectivity index is 1.99. The summed E-state index contributed by atoms with van der Waals surface area (Å²) in [6.45, 7) is 1.29. The third-order valence-corrected chi connectivity index (χ3v) is 7.77. The first-order valence-corrected chi connectivity index (χ1v) is 11.7. The van der Waals surface area contributed by atoms with E-state index in [-0.39, 0.29) is 28.5 Å². The molecule has 186 valence electrons. The van der Waals surface area contributed by atoms with Gasteiger partial charge >= 0.3 is 6.18 Å². The van der Waals surface area contributed by atoms with Gasteiger partial charge in [-0.05, 0) is 43.7 Å². The molecule has 3 N–H and O–H groups in total. The van der Waals surface area contributed by atoms with E-state index in [0.29, 0.717) is 5.56 Å². The van der Waals surface area contributed by atoms with E-state index in [9.17, 15) is 26.6 Å². The molecule has 1 aliphatic rings. The highest BCUT2D eigenvalue weighted by molar-refractivity contribution is 7.92. The molecule has 14 heteroatoms. The number of anilines is 1. The standard InChI is InChI=1S/C21H21F4N7O2S/c1-12-6-13(8-26)9-28-17(12)18(33)30-14-4-5-16(22)15(7-14)20(2)11-35(34,29-10-21(23,24)25)32(3)19(27)31-20/h4-7,9H,10-11H2,1-3H3,(H2,27,31)(H,30,33)/t20-,35+/m0/s1. The minimum absolute atomic E-state index is 0.0385. The second-order valence-corrected chi connectivity index (χ2v) is 10.4. The SMILES string of the molecule is Cc1cc(C#N)cnc1C(=O)Nc1ccc(F)c([C@]2(C)C[S@@](=O)(=NCC(F)(F)F)N(C)C(N)=N2)c1. The summed E-state index contributed by atoms with van der Waals surface area (Å²) in [7, 11) is -2.53. The van der Waals surface area contributed by atoms with E-state index in [1.165, 1.54) is 38.4 Å². The van der Waals surface area contributed by atoms with Crippen molar-refractivity contribution in [3.8, 4) is 6.07 Å². The Morgan fingerprint density at radius 2 is 2.09 bits per heavy atom. The third kappa shape index (κ3) is 5.51. The first-order chi connectivity index (χ1) is 16.2. The van der Waals surface area contributed by atoms with Crippen molar-refractivity contribution in [2.75, 3.05) is 24.7 Å².